The van der Waals surface area contributed by atoms with Crippen molar-refractivity contribution >= 4 is 22.9 Å². The summed E-state index contributed by atoms with van der Waals surface area (Å²) in [6, 6.07) is 4.82. The van der Waals surface area contributed by atoms with Gasteiger partial charge in [-0.05, 0) is 11.6 Å². The maximum Gasteiger partial charge on any atom is 0.142 e. The smallest absolute Gasteiger partial charge is 0.142 e. The van der Waals surface area contributed by atoms with Crippen LogP contribution in [0, 0.1) is 5.82 Å². The Morgan fingerprint density at radius 1 is 1.38 bits per heavy atom. The third-order valence-corrected chi connectivity index (χ3v) is 3.33. The van der Waals surface area contributed by atoms with Gasteiger partial charge >= 0.3 is 0 Å². The van der Waals surface area contributed by atoms with Gasteiger partial charge in [0.05, 0.1) is 10.5 Å². The van der Waals surface area contributed by atoms with Crippen molar-refractivity contribution in [3.63, 3.8) is 0 Å². The highest BCUT2D eigenvalue weighted by Crippen LogP contribution is 2.19. The standard InChI is InChI=1S/C11H10ClFN2S/c12-11-8(2-1-3-10(11)13)4-14-5-9-6-15-7-16-9/h1-3,6-7,14H,4-5H2. The van der Waals surface area contributed by atoms with Crippen molar-refractivity contribution in [1.82, 2.24) is 10.3 Å². The largest absolute Gasteiger partial charge is 0.308 e. The van der Waals surface area contributed by atoms with Crippen LogP contribution in [0.2, 0.25) is 5.02 Å². The van der Waals surface area contributed by atoms with Crippen LogP contribution in [0.25, 0.3) is 0 Å². The Morgan fingerprint density at radius 2 is 2.25 bits per heavy atom. The molecule has 0 aliphatic rings. The average molecular weight is 257 g/mol. The number of hydrogen-bond acceptors (Lipinski definition) is 3. The molecule has 16 heavy (non-hydrogen) atoms. The molecule has 0 atom stereocenters. The van der Waals surface area contributed by atoms with Gasteiger partial charge < -0.3 is 5.32 Å². The van der Waals surface area contributed by atoms with Gasteiger partial charge in [0.2, 0.25) is 0 Å². The first-order valence-electron chi connectivity index (χ1n) is 4.78. The minimum atomic E-state index is -0.376. The molecule has 5 heteroatoms. The Bertz CT molecular complexity index is 459. The van der Waals surface area contributed by atoms with Gasteiger partial charge in [-0.3, -0.25) is 4.98 Å². The lowest BCUT2D eigenvalue weighted by Gasteiger charge is -2.05. The quantitative estimate of drug-likeness (QED) is 0.909. The molecule has 0 fully saturated rings. The molecule has 0 aliphatic heterocycles. The minimum Gasteiger partial charge on any atom is -0.308 e. The van der Waals surface area contributed by atoms with E-state index in [0.717, 1.165) is 17.0 Å². The molecule has 0 bridgehead atoms. The molecule has 0 saturated heterocycles. The Kier molecular flexibility index (Phi) is 3.88. The van der Waals surface area contributed by atoms with Crippen LogP contribution in [0.1, 0.15) is 10.4 Å². The topological polar surface area (TPSA) is 24.9 Å². The van der Waals surface area contributed by atoms with Crippen LogP contribution in [0.15, 0.2) is 29.9 Å². The molecule has 2 aromatic rings. The highest BCUT2D eigenvalue weighted by atomic mass is 35.5. The second kappa shape index (κ2) is 5.39. The lowest BCUT2D eigenvalue weighted by atomic mass is 10.2. The lowest BCUT2D eigenvalue weighted by molar-refractivity contribution is 0.621. The maximum atomic E-state index is 13.1. The molecule has 0 unspecified atom stereocenters. The number of nitrogens with zero attached hydrogens (tertiary/aromatic N) is 1. The van der Waals surface area contributed by atoms with E-state index in [-0.39, 0.29) is 10.8 Å². The molecule has 1 aromatic carbocycles. The summed E-state index contributed by atoms with van der Waals surface area (Å²) in [7, 11) is 0. The fourth-order valence-corrected chi connectivity index (χ4v) is 2.09. The van der Waals surface area contributed by atoms with E-state index in [1.54, 1.807) is 22.9 Å². The van der Waals surface area contributed by atoms with Gasteiger partial charge in [-0.2, -0.15) is 0 Å². The van der Waals surface area contributed by atoms with E-state index in [2.05, 4.69) is 10.3 Å². The Morgan fingerprint density at radius 3 is 3.00 bits per heavy atom. The van der Waals surface area contributed by atoms with Crippen molar-refractivity contribution in [3.8, 4) is 0 Å². The highest BCUT2D eigenvalue weighted by molar-refractivity contribution is 7.09. The number of benzene rings is 1. The van der Waals surface area contributed by atoms with E-state index in [1.165, 1.54) is 6.07 Å². The molecule has 0 spiro atoms. The molecule has 0 aliphatic carbocycles. The second-order valence-corrected chi connectivity index (χ2v) is 4.63. The highest BCUT2D eigenvalue weighted by Gasteiger charge is 2.04. The van der Waals surface area contributed by atoms with Gasteiger partial charge in [-0.15, -0.1) is 11.3 Å². The monoisotopic (exact) mass is 256 g/mol. The van der Waals surface area contributed by atoms with Crippen molar-refractivity contribution in [1.29, 1.82) is 0 Å². The van der Waals surface area contributed by atoms with Crippen LogP contribution in [-0.2, 0) is 13.1 Å². The molecule has 84 valence electrons. The van der Waals surface area contributed by atoms with Crippen molar-refractivity contribution in [2.45, 2.75) is 13.1 Å². The van der Waals surface area contributed by atoms with Gasteiger partial charge in [0, 0.05) is 24.2 Å². The van der Waals surface area contributed by atoms with Crippen LogP contribution in [0.4, 0.5) is 4.39 Å². The van der Waals surface area contributed by atoms with Crippen molar-refractivity contribution < 1.29 is 4.39 Å². The molecule has 0 saturated carbocycles. The number of aromatic nitrogens is 1. The molecule has 0 amide bonds. The minimum absolute atomic E-state index is 0.194. The first-order valence-corrected chi connectivity index (χ1v) is 6.04. The molecular formula is C11H10ClFN2S. The maximum absolute atomic E-state index is 13.1. The SMILES string of the molecule is Fc1cccc(CNCc2cncs2)c1Cl. The van der Waals surface area contributed by atoms with Crippen LogP contribution in [-0.4, -0.2) is 4.98 Å². The first-order chi connectivity index (χ1) is 7.77. The summed E-state index contributed by atoms with van der Waals surface area (Å²) in [5.74, 6) is -0.376. The van der Waals surface area contributed by atoms with Gasteiger partial charge in [0.25, 0.3) is 0 Å². The summed E-state index contributed by atoms with van der Waals surface area (Å²) in [5.41, 5.74) is 2.55. The van der Waals surface area contributed by atoms with Crippen LogP contribution in [0.3, 0.4) is 0 Å². The van der Waals surface area contributed by atoms with Gasteiger partial charge in [-0.1, -0.05) is 23.7 Å². The Balaban J connectivity index is 1.92. The molecule has 2 nitrogen and oxygen atoms in total. The molecule has 0 radical (unpaired) electrons. The summed E-state index contributed by atoms with van der Waals surface area (Å²) in [5, 5.41) is 3.39. The summed E-state index contributed by atoms with van der Waals surface area (Å²) in [6.45, 7) is 1.27. The number of hydrogen-bond donors (Lipinski definition) is 1. The molecule has 1 heterocycles. The molecule has 2 rings (SSSR count). The first kappa shape index (κ1) is 11.5. The normalized spacial score (nSPS) is 10.6. The van der Waals surface area contributed by atoms with Gasteiger partial charge in [0.15, 0.2) is 0 Å². The number of thiazole rings is 1. The van der Waals surface area contributed by atoms with E-state index >= 15 is 0 Å². The zero-order chi connectivity index (χ0) is 11.4. The molecular weight excluding hydrogens is 247 g/mol. The fourth-order valence-electron chi connectivity index (χ4n) is 1.33. The Labute approximate surface area is 102 Å². The van der Waals surface area contributed by atoms with Crippen LogP contribution in [0.5, 0.6) is 0 Å². The van der Waals surface area contributed by atoms with E-state index < -0.39 is 0 Å². The third-order valence-electron chi connectivity index (χ3n) is 2.13. The number of rotatable bonds is 4. The molecule has 1 aromatic heterocycles. The molecule has 1 N–H and O–H groups in total. The van der Waals surface area contributed by atoms with Crippen molar-refractivity contribution in [3.05, 3.63) is 51.2 Å². The zero-order valence-electron chi connectivity index (χ0n) is 8.41. The zero-order valence-corrected chi connectivity index (χ0v) is 9.98. The van der Waals surface area contributed by atoms with E-state index in [0.29, 0.717) is 6.54 Å². The van der Waals surface area contributed by atoms with Crippen molar-refractivity contribution in [2.24, 2.45) is 0 Å². The predicted molar refractivity (Wildman–Crippen MR) is 64.1 cm³/mol. The summed E-state index contributed by atoms with van der Waals surface area (Å²) < 4.78 is 13.1. The van der Waals surface area contributed by atoms with E-state index in [9.17, 15) is 4.39 Å². The number of halogens is 2. The predicted octanol–water partition coefficient (Wildman–Crippen LogP) is 3.23. The van der Waals surface area contributed by atoms with Crippen LogP contribution < -0.4 is 5.32 Å². The van der Waals surface area contributed by atoms with Gasteiger partial charge in [0.1, 0.15) is 5.82 Å². The second-order valence-electron chi connectivity index (χ2n) is 3.28. The summed E-state index contributed by atoms with van der Waals surface area (Å²) in [4.78, 5) is 5.12. The van der Waals surface area contributed by atoms with E-state index in [1.807, 2.05) is 12.3 Å². The van der Waals surface area contributed by atoms with E-state index in [4.69, 9.17) is 11.6 Å². The van der Waals surface area contributed by atoms with Gasteiger partial charge in [-0.25, -0.2) is 4.39 Å². The average Bonchev–Trinajstić information content (AvgIpc) is 2.77. The fraction of sp³-hybridized carbons (Fsp3) is 0.182. The third kappa shape index (κ3) is 2.78. The summed E-state index contributed by atoms with van der Waals surface area (Å²) >= 11 is 7.41. The lowest BCUT2D eigenvalue weighted by Crippen LogP contribution is -2.12. The number of nitrogens with one attached hydrogen (secondary N) is 1. The van der Waals surface area contributed by atoms with Crippen molar-refractivity contribution in [2.75, 3.05) is 0 Å². The Hall–Kier alpha value is -0.970. The summed E-state index contributed by atoms with van der Waals surface area (Å²) in [6.07, 6.45) is 1.81. The van der Waals surface area contributed by atoms with Crippen LogP contribution >= 0.6 is 22.9 Å².